The van der Waals surface area contributed by atoms with Crippen LogP contribution in [0.4, 0.5) is 0 Å². The molecule has 0 saturated heterocycles. The van der Waals surface area contributed by atoms with Crippen molar-refractivity contribution in [2.24, 2.45) is 5.73 Å². The molecule has 0 heterocycles. The van der Waals surface area contributed by atoms with E-state index >= 15 is 0 Å². The molecule has 0 radical (unpaired) electrons. The van der Waals surface area contributed by atoms with Crippen LogP contribution in [0, 0.1) is 0 Å². The van der Waals surface area contributed by atoms with Crippen molar-refractivity contribution in [1.29, 1.82) is 0 Å². The summed E-state index contributed by atoms with van der Waals surface area (Å²) in [6, 6.07) is -0.987. The third-order valence-electron chi connectivity index (χ3n) is 2.92. The number of hydrogen-bond donors (Lipinski definition) is 3. The second kappa shape index (κ2) is 8.58. The van der Waals surface area contributed by atoms with Crippen LogP contribution in [0.5, 0.6) is 0 Å². The fourth-order valence-corrected chi connectivity index (χ4v) is 1.50. The standard InChI is InChI=1S/C13H25N3O5/c1-8(2)15-11(18)9(6-7-10(14)17)16-12(19)13(3,20-4)21-5/h8-9H,6-7H2,1-5H3,(H2,14,17)(H,15,18)(H,16,19). The summed E-state index contributed by atoms with van der Waals surface area (Å²) in [5, 5.41) is 5.18. The molecule has 0 aromatic rings. The van der Waals surface area contributed by atoms with Crippen LogP contribution in [0.25, 0.3) is 0 Å². The molecular formula is C13H25N3O5. The molecule has 8 nitrogen and oxygen atoms in total. The Balaban J connectivity index is 4.92. The molecule has 0 aliphatic carbocycles. The lowest BCUT2D eigenvalue weighted by Crippen LogP contribution is -2.55. The SMILES string of the molecule is COC(C)(OC)C(=O)NC(CCC(N)=O)C(=O)NC(C)C. The van der Waals surface area contributed by atoms with E-state index in [2.05, 4.69) is 10.6 Å². The van der Waals surface area contributed by atoms with E-state index in [4.69, 9.17) is 15.2 Å². The largest absolute Gasteiger partial charge is 0.370 e. The molecule has 0 aliphatic rings. The quantitative estimate of drug-likeness (QED) is 0.485. The number of ether oxygens (including phenoxy) is 2. The lowest BCUT2D eigenvalue weighted by molar-refractivity contribution is -0.201. The number of methoxy groups -OCH3 is 2. The third-order valence-corrected chi connectivity index (χ3v) is 2.92. The van der Waals surface area contributed by atoms with Crippen LogP contribution in [0.2, 0.25) is 0 Å². The lowest BCUT2D eigenvalue weighted by Gasteiger charge is -2.28. The highest BCUT2D eigenvalue weighted by atomic mass is 16.7. The van der Waals surface area contributed by atoms with Gasteiger partial charge >= 0.3 is 0 Å². The summed E-state index contributed by atoms with van der Waals surface area (Å²) in [6.45, 7) is 5.01. The third kappa shape index (κ3) is 6.54. The van der Waals surface area contributed by atoms with Gasteiger partial charge in [0, 0.05) is 26.7 Å². The Hall–Kier alpha value is -1.67. The number of hydrogen-bond acceptors (Lipinski definition) is 5. The molecular weight excluding hydrogens is 278 g/mol. The number of primary amides is 1. The van der Waals surface area contributed by atoms with E-state index in [9.17, 15) is 14.4 Å². The Bertz CT molecular complexity index is 380. The summed E-state index contributed by atoms with van der Waals surface area (Å²) in [5.74, 6) is -3.06. The normalized spacial score (nSPS) is 12.9. The highest BCUT2D eigenvalue weighted by Crippen LogP contribution is 2.11. The summed E-state index contributed by atoms with van der Waals surface area (Å²) in [6.07, 6.45) is 0.0796. The zero-order chi connectivity index (χ0) is 16.6. The van der Waals surface area contributed by atoms with Crippen LogP contribution in [0.15, 0.2) is 0 Å². The maximum absolute atomic E-state index is 12.1. The molecule has 0 fully saturated rings. The van der Waals surface area contributed by atoms with Gasteiger partial charge in [-0.3, -0.25) is 14.4 Å². The fraction of sp³-hybridized carbons (Fsp3) is 0.769. The number of carbonyl (C=O) groups excluding carboxylic acids is 3. The molecule has 3 amide bonds. The van der Waals surface area contributed by atoms with Crippen LogP contribution in [0.1, 0.15) is 33.6 Å². The average Bonchev–Trinajstić information content (AvgIpc) is 2.40. The van der Waals surface area contributed by atoms with Gasteiger partial charge in [-0.1, -0.05) is 0 Å². The predicted molar refractivity (Wildman–Crippen MR) is 76.1 cm³/mol. The number of nitrogens with two attached hydrogens (primary N) is 1. The second-order valence-corrected chi connectivity index (χ2v) is 5.05. The van der Waals surface area contributed by atoms with Crippen molar-refractivity contribution in [3.05, 3.63) is 0 Å². The van der Waals surface area contributed by atoms with Gasteiger partial charge in [-0.25, -0.2) is 0 Å². The van der Waals surface area contributed by atoms with Crippen LogP contribution in [-0.4, -0.2) is 49.8 Å². The topological polar surface area (TPSA) is 120 Å². The summed E-state index contributed by atoms with van der Waals surface area (Å²) in [5.41, 5.74) is 5.08. The van der Waals surface area contributed by atoms with Crippen LogP contribution >= 0.6 is 0 Å². The molecule has 0 spiro atoms. The summed E-state index contributed by atoms with van der Waals surface area (Å²) in [7, 11) is 2.63. The van der Waals surface area contributed by atoms with Gasteiger partial charge in [0.05, 0.1) is 0 Å². The van der Waals surface area contributed by atoms with Crippen molar-refractivity contribution in [1.82, 2.24) is 10.6 Å². The molecule has 0 bridgehead atoms. The van der Waals surface area contributed by atoms with Crippen molar-refractivity contribution in [3.8, 4) is 0 Å². The van der Waals surface area contributed by atoms with E-state index in [1.165, 1.54) is 21.1 Å². The summed E-state index contributed by atoms with van der Waals surface area (Å²) in [4.78, 5) is 35.0. The molecule has 8 heteroatoms. The highest BCUT2D eigenvalue weighted by molar-refractivity contribution is 5.91. The Morgan fingerprint density at radius 2 is 1.67 bits per heavy atom. The molecule has 4 N–H and O–H groups in total. The molecule has 0 rings (SSSR count). The van der Waals surface area contributed by atoms with Gasteiger partial charge in [0.25, 0.3) is 5.91 Å². The van der Waals surface area contributed by atoms with Gasteiger partial charge in [-0.05, 0) is 27.2 Å². The van der Waals surface area contributed by atoms with Crippen molar-refractivity contribution in [2.45, 2.75) is 51.5 Å². The lowest BCUT2D eigenvalue weighted by atomic mass is 10.1. The molecule has 122 valence electrons. The Morgan fingerprint density at radius 1 is 1.14 bits per heavy atom. The minimum Gasteiger partial charge on any atom is -0.370 e. The van der Waals surface area contributed by atoms with Crippen LogP contribution in [0.3, 0.4) is 0 Å². The second-order valence-electron chi connectivity index (χ2n) is 5.05. The maximum atomic E-state index is 12.1. The van der Waals surface area contributed by atoms with E-state index in [0.29, 0.717) is 0 Å². The Kier molecular flexibility index (Phi) is 7.90. The van der Waals surface area contributed by atoms with Gasteiger partial charge in [0.1, 0.15) is 6.04 Å². The maximum Gasteiger partial charge on any atom is 0.280 e. The molecule has 1 unspecified atom stereocenters. The van der Waals surface area contributed by atoms with Crippen LogP contribution in [-0.2, 0) is 23.9 Å². The zero-order valence-electron chi connectivity index (χ0n) is 13.2. The van der Waals surface area contributed by atoms with Gasteiger partial charge in [-0.2, -0.15) is 0 Å². The molecule has 1 atom stereocenters. The number of amides is 3. The molecule has 0 saturated carbocycles. The summed E-state index contributed by atoms with van der Waals surface area (Å²) >= 11 is 0. The zero-order valence-corrected chi connectivity index (χ0v) is 13.2. The minimum atomic E-state index is -1.51. The first-order valence-corrected chi connectivity index (χ1v) is 6.66. The van der Waals surface area contributed by atoms with Crippen molar-refractivity contribution in [2.75, 3.05) is 14.2 Å². The van der Waals surface area contributed by atoms with Gasteiger partial charge in [0.15, 0.2) is 0 Å². The smallest absolute Gasteiger partial charge is 0.280 e. The first-order valence-electron chi connectivity index (χ1n) is 6.66. The average molecular weight is 303 g/mol. The van der Waals surface area contributed by atoms with Crippen molar-refractivity contribution in [3.63, 3.8) is 0 Å². The highest BCUT2D eigenvalue weighted by Gasteiger charge is 2.35. The van der Waals surface area contributed by atoms with Crippen LogP contribution < -0.4 is 16.4 Å². The predicted octanol–water partition coefficient (Wildman–Crippen LogP) is -0.730. The number of carbonyl (C=O) groups is 3. The van der Waals surface area contributed by atoms with Crippen molar-refractivity contribution < 1.29 is 23.9 Å². The monoisotopic (exact) mass is 303 g/mol. The van der Waals surface area contributed by atoms with E-state index in [1.807, 2.05) is 0 Å². The molecule has 0 aromatic carbocycles. The summed E-state index contributed by atoms with van der Waals surface area (Å²) < 4.78 is 9.96. The molecule has 21 heavy (non-hydrogen) atoms. The number of nitrogens with one attached hydrogen (secondary N) is 2. The first-order chi connectivity index (χ1) is 9.66. The van der Waals surface area contributed by atoms with E-state index in [0.717, 1.165) is 0 Å². The number of rotatable bonds is 9. The van der Waals surface area contributed by atoms with Gasteiger partial charge in [0.2, 0.25) is 17.6 Å². The van der Waals surface area contributed by atoms with E-state index in [1.54, 1.807) is 13.8 Å². The van der Waals surface area contributed by atoms with Crippen molar-refractivity contribution >= 4 is 17.7 Å². The fourth-order valence-electron chi connectivity index (χ4n) is 1.50. The first kappa shape index (κ1) is 19.3. The van der Waals surface area contributed by atoms with E-state index < -0.39 is 29.6 Å². The van der Waals surface area contributed by atoms with E-state index in [-0.39, 0.29) is 18.9 Å². The molecule has 0 aromatic heterocycles. The Labute approximate surface area is 124 Å². The Morgan fingerprint density at radius 3 is 2.05 bits per heavy atom. The van der Waals surface area contributed by atoms with Gasteiger partial charge < -0.3 is 25.8 Å². The van der Waals surface area contributed by atoms with Gasteiger partial charge in [-0.15, -0.1) is 0 Å². The minimum absolute atomic E-state index is 0.0207. The molecule has 0 aliphatic heterocycles.